The van der Waals surface area contributed by atoms with Crippen LogP contribution in [0.1, 0.15) is 24.4 Å². The van der Waals surface area contributed by atoms with E-state index in [1.165, 1.54) is 12.1 Å². The van der Waals surface area contributed by atoms with E-state index in [0.717, 1.165) is 12.8 Å². The molecule has 0 spiro atoms. The third-order valence-corrected chi connectivity index (χ3v) is 3.41. The summed E-state index contributed by atoms with van der Waals surface area (Å²) in [7, 11) is 1.74. The number of hydrogen-bond donors (Lipinski definition) is 1. The summed E-state index contributed by atoms with van der Waals surface area (Å²) in [5.41, 5.74) is 0.161. The molecule has 82 valence electrons. The van der Waals surface area contributed by atoms with Crippen LogP contribution in [0.2, 0.25) is 0 Å². The minimum absolute atomic E-state index is 0.161. The van der Waals surface area contributed by atoms with Gasteiger partial charge in [-0.15, -0.1) is 0 Å². The highest BCUT2D eigenvalue weighted by molar-refractivity contribution is 9.10. The first-order chi connectivity index (χ1) is 7.15. The van der Waals surface area contributed by atoms with Gasteiger partial charge >= 0.3 is 0 Å². The zero-order valence-corrected chi connectivity index (χ0v) is 9.94. The molecule has 0 radical (unpaired) electrons. The summed E-state index contributed by atoms with van der Waals surface area (Å²) < 4.78 is 27.6. The van der Waals surface area contributed by atoms with Gasteiger partial charge < -0.3 is 5.32 Å². The molecule has 0 amide bonds. The Balaban J connectivity index is 2.44. The molecular formula is C11H12BrF2N. The first kappa shape index (κ1) is 11.0. The maximum Gasteiger partial charge on any atom is 0.145 e. The Morgan fingerprint density at radius 3 is 2.60 bits per heavy atom. The number of benzene rings is 1. The number of halogens is 3. The standard InChI is InChI=1S/C11H12BrF2N/c1-15-11(6-2-3-6)9-8(13)5-4-7(12)10(9)14/h4-6,11,15H,2-3H2,1H3. The molecule has 0 bridgehead atoms. The zero-order chi connectivity index (χ0) is 11.0. The van der Waals surface area contributed by atoms with E-state index >= 15 is 0 Å². The van der Waals surface area contributed by atoms with E-state index in [2.05, 4.69) is 21.2 Å². The molecule has 0 heterocycles. The molecular weight excluding hydrogens is 264 g/mol. The Labute approximate surface area is 96.0 Å². The fourth-order valence-corrected chi connectivity index (χ4v) is 2.22. The van der Waals surface area contributed by atoms with Gasteiger partial charge in [0.25, 0.3) is 0 Å². The van der Waals surface area contributed by atoms with Crippen LogP contribution in [-0.2, 0) is 0 Å². The molecule has 2 rings (SSSR count). The smallest absolute Gasteiger partial charge is 0.145 e. The summed E-state index contributed by atoms with van der Waals surface area (Å²) in [5.74, 6) is -0.587. The molecule has 15 heavy (non-hydrogen) atoms. The molecule has 1 nitrogen and oxygen atoms in total. The minimum atomic E-state index is -0.485. The van der Waals surface area contributed by atoms with E-state index in [1.807, 2.05) is 0 Å². The van der Waals surface area contributed by atoms with Crippen LogP contribution in [-0.4, -0.2) is 7.05 Å². The monoisotopic (exact) mass is 275 g/mol. The zero-order valence-electron chi connectivity index (χ0n) is 8.36. The maximum atomic E-state index is 13.8. The van der Waals surface area contributed by atoms with Gasteiger partial charge in [-0.2, -0.15) is 0 Å². The van der Waals surface area contributed by atoms with Crippen molar-refractivity contribution in [1.29, 1.82) is 0 Å². The summed E-state index contributed by atoms with van der Waals surface area (Å²) in [5, 5.41) is 2.99. The van der Waals surface area contributed by atoms with Crippen LogP contribution >= 0.6 is 15.9 Å². The van der Waals surface area contributed by atoms with Crippen molar-refractivity contribution in [3.05, 3.63) is 33.8 Å². The SMILES string of the molecule is CNC(c1c(F)ccc(Br)c1F)C1CC1. The van der Waals surface area contributed by atoms with E-state index in [0.29, 0.717) is 10.4 Å². The van der Waals surface area contributed by atoms with Gasteiger partial charge in [-0.3, -0.25) is 0 Å². The molecule has 1 saturated carbocycles. The fourth-order valence-electron chi connectivity index (χ4n) is 1.87. The Bertz CT molecular complexity index is 377. The number of rotatable bonds is 3. The highest BCUT2D eigenvalue weighted by atomic mass is 79.9. The van der Waals surface area contributed by atoms with Gasteiger partial charge in [0, 0.05) is 11.6 Å². The van der Waals surface area contributed by atoms with Gasteiger partial charge in [0.05, 0.1) is 4.47 Å². The Hall–Kier alpha value is -0.480. The molecule has 1 fully saturated rings. The third-order valence-electron chi connectivity index (χ3n) is 2.79. The van der Waals surface area contributed by atoms with Crippen molar-refractivity contribution in [2.45, 2.75) is 18.9 Å². The lowest BCUT2D eigenvalue weighted by molar-refractivity contribution is 0.456. The van der Waals surface area contributed by atoms with E-state index in [1.54, 1.807) is 7.05 Å². The van der Waals surface area contributed by atoms with Crippen LogP contribution in [0.3, 0.4) is 0 Å². The van der Waals surface area contributed by atoms with Gasteiger partial charge in [0.15, 0.2) is 0 Å². The Kier molecular flexibility index (Phi) is 3.07. The van der Waals surface area contributed by atoms with Gasteiger partial charge in [0.1, 0.15) is 11.6 Å². The van der Waals surface area contributed by atoms with E-state index in [-0.39, 0.29) is 11.6 Å². The lowest BCUT2D eigenvalue weighted by Gasteiger charge is -2.17. The van der Waals surface area contributed by atoms with Crippen LogP contribution in [0, 0.1) is 17.6 Å². The fraction of sp³-hybridized carbons (Fsp3) is 0.455. The number of hydrogen-bond acceptors (Lipinski definition) is 1. The Morgan fingerprint density at radius 1 is 1.40 bits per heavy atom. The highest BCUT2D eigenvalue weighted by Crippen LogP contribution is 2.43. The molecule has 1 aliphatic carbocycles. The summed E-state index contributed by atoms with van der Waals surface area (Å²) in [6.45, 7) is 0. The van der Waals surface area contributed by atoms with Crippen LogP contribution in [0.25, 0.3) is 0 Å². The molecule has 0 aliphatic heterocycles. The second kappa shape index (κ2) is 4.18. The lowest BCUT2D eigenvalue weighted by Crippen LogP contribution is -2.21. The molecule has 0 aromatic heterocycles. The van der Waals surface area contributed by atoms with Gasteiger partial charge in [-0.05, 0) is 53.9 Å². The third kappa shape index (κ3) is 2.06. The van der Waals surface area contributed by atoms with E-state index < -0.39 is 11.6 Å². The molecule has 1 aliphatic rings. The molecule has 0 saturated heterocycles. The molecule has 1 unspecified atom stereocenters. The topological polar surface area (TPSA) is 12.0 Å². The first-order valence-electron chi connectivity index (χ1n) is 4.95. The van der Waals surface area contributed by atoms with Crippen LogP contribution in [0.15, 0.2) is 16.6 Å². The van der Waals surface area contributed by atoms with Crippen molar-refractivity contribution in [2.75, 3.05) is 7.05 Å². The van der Waals surface area contributed by atoms with Crippen molar-refractivity contribution in [2.24, 2.45) is 5.92 Å². The maximum absolute atomic E-state index is 13.8. The second-order valence-electron chi connectivity index (χ2n) is 3.86. The van der Waals surface area contributed by atoms with E-state index in [9.17, 15) is 8.78 Å². The van der Waals surface area contributed by atoms with Crippen LogP contribution < -0.4 is 5.32 Å². The van der Waals surface area contributed by atoms with Crippen LogP contribution in [0.4, 0.5) is 8.78 Å². The average molecular weight is 276 g/mol. The van der Waals surface area contributed by atoms with Crippen molar-refractivity contribution in [3.8, 4) is 0 Å². The minimum Gasteiger partial charge on any atom is -0.313 e. The number of nitrogens with one attached hydrogen (secondary N) is 1. The van der Waals surface area contributed by atoms with Crippen molar-refractivity contribution >= 4 is 15.9 Å². The second-order valence-corrected chi connectivity index (χ2v) is 4.71. The van der Waals surface area contributed by atoms with Crippen molar-refractivity contribution in [1.82, 2.24) is 5.32 Å². The summed E-state index contributed by atoms with van der Waals surface area (Å²) in [6, 6.07) is 2.49. The summed E-state index contributed by atoms with van der Waals surface area (Å²) in [6.07, 6.45) is 2.08. The average Bonchev–Trinajstić information content (AvgIpc) is 3.02. The molecule has 4 heteroatoms. The molecule has 1 atom stereocenters. The first-order valence-corrected chi connectivity index (χ1v) is 5.75. The molecule has 1 aromatic rings. The van der Waals surface area contributed by atoms with Crippen molar-refractivity contribution < 1.29 is 8.78 Å². The summed E-state index contributed by atoms with van der Waals surface area (Å²) >= 11 is 3.08. The van der Waals surface area contributed by atoms with Gasteiger partial charge in [-0.1, -0.05) is 0 Å². The normalized spacial score (nSPS) is 17.9. The predicted octanol–water partition coefficient (Wildman–Crippen LogP) is 3.40. The predicted molar refractivity (Wildman–Crippen MR) is 58.6 cm³/mol. The van der Waals surface area contributed by atoms with Gasteiger partial charge in [0.2, 0.25) is 0 Å². The van der Waals surface area contributed by atoms with Crippen LogP contribution in [0.5, 0.6) is 0 Å². The van der Waals surface area contributed by atoms with E-state index in [4.69, 9.17) is 0 Å². The quantitative estimate of drug-likeness (QED) is 0.834. The highest BCUT2D eigenvalue weighted by Gasteiger charge is 2.34. The van der Waals surface area contributed by atoms with Crippen molar-refractivity contribution in [3.63, 3.8) is 0 Å². The Morgan fingerprint density at radius 2 is 2.07 bits per heavy atom. The largest absolute Gasteiger partial charge is 0.313 e. The molecule has 1 N–H and O–H groups in total. The van der Waals surface area contributed by atoms with Gasteiger partial charge in [-0.25, -0.2) is 8.78 Å². The summed E-state index contributed by atoms with van der Waals surface area (Å²) in [4.78, 5) is 0. The molecule has 1 aromatic carbocycles. The lowest BCUT2D eigenvalue weighted by atomic mass is 10.0.